The van der Waals surface area contributed by atoms with E-state index < -0.39 is 6.04 Å². The second-order valence-electron chi connectivity index (χ2n) is 5.53. The second-order valence-corrected chi connectivity index (χ2v) is 5.53. The number of nitrogens with one attached hydrogen (secondary N) is 1. The van der Waals surface area contributed by atoms with Gasteiger partial charge >= 0.3 is 5.97 Å². The van der Waals surface area contributed by atoms with E-state index in [9.17, 15) is 9.59 Å². The van der Waals surface area contributed by atoms with Crippen molar-refractivity contribution in [1.82, 2.24) is 15.1 Å². The number of rotatable bonds is 6. The van der Waals surface area contributed by atoms with Crippen LogP contribution in [0.2, 0.25) is 0 Å². The monoisotopic (exact) mass is 327 g/mol. The van der Waals surface area contributed by atoms with Gasteiger partial charge in [0.25, 0.3) is 0 Å². The lowest BCUT2D eigenvalue weighted by Crippen LogP contribution is -2.29. The van der Waals surface area contributed by atoms with Crippen LogP contribution in [-0.4, -0.2) is 28.8 Å². The van der Waals surface area contributed by atoms with Crippen LogP contribution in [0.3, 0.4) is 0 Å². The molecule has 0 bridgehead atoms. The minimum atomic E-state index is -0.441. The van der Waals surface area contributed by atoms with E-state index in [2.05, 4.69) is 10.4 Å². The zero-order chi connectivity index (χ0) is 17.5. The minimum Gasteiger partial charge on any atom is -0.469 e. The Kier molecular flexibility index (Phi) is 5.89. The van der Waals surface area contributed by atoms with Crippen molar-refractivity contribution in [2.75, 3.05) is 7.11 Å². The molecular formula is C18H21N3O3. The van der Waals surface area contributed by atoms with Gasteiger partial charge in [-0.25, -0.2) is 0 Å². The lowest BCUT2D eigenvalue weighted by Gasteiger charge is -2.17. The van der Waals surface area contributed by atoms with Crippen LogP contribution < -0.4 is 5.32 Å². The smallest absolute Gasteiger partial charge is 0.307 e. The molecule has 1 aromatic carbocycles. The topological polar surface area (TPSA) is 73.2 Å². The molecule has 0 saturated heterocycles. The average Bonchev–Trinajstić information content (AvgIpc) is 2.98. The highest BCUT2D eigenvalue weighted by molar-refractivity contribution is 5.92. The summed E-state index contributed by atoms with van der Waals surface area (Å²) < 4.78 is 6.38. The summed E-state index contributed by atoms with van der Waals surface area (Å²) in [5.41, 5.74) is 2.79. The number of nitrogens with zero attached hydrogens (tertiary/aromatic N) is 2. The van der Waals surface area contributed by atoms with E-state index in [-0.39, 0.29) is 18.3 Å². The van der Waals surface area contributed by atoms with Gasteiger partial charge in [-0.05, 0) is 18.6 Å². The number of aromatic nitrogens is 2. The quantitative estimate of drug-likeness (QED) is 0.652. The molecule has 126 valence electrons. The molecule has 0 saturated carbocycles. The van der Waals surface area contributed by atoms with Gasteiger partial charge in [-0.3, -0.25) is 14.3 Å². The van der Waals surface area contributed by atoms with Gasteiger partial charge in [0.05, 0.1) is 25.8 Å². The molecule has 0 radical (unpaired) electrons. The number of carbonyl (C=O) groups excluding carboxylic acids is 2. The van der Waals surface area contributed by atoms with Gasteiger partial charge in [-0.2, -0.15) is 5.10 Å². The Morgan fingerprint density at radius 2 is 2.04 bits per heavy atom. The van der Waals surface area contributed by atoms with Crippen molar-refractivity contribution >= 4 is 18.0 Å². The summed E-state index contributed by atoms with van der Waals surface area (Å²) in [6, 6.07) is 7.24. The Morgan fingerprint density at radius 3 is 2.62 bits per heavy atom. The summed E-state index contributed by atoms with van der Waals surface area (Å²) in [5.74, 6) is -0.662. The summed E-state index contributed by atoms with van der Waals surface area (Å²) >= 11 is 0. The third-order valence-corrected chi connectivity index (χ3v) is 3.55. The molecule has 1 N–H and O–H groups in total. The Hall–Kier alpha value is -2.89. The van der Waals surface area contributed by atoms with E-state index in [1.807, 2.05) is 31.2 Å². The number of carbonyl (C=O) groups is 2. The molecule has 6 heteroatoms. The van der Waals surface area contributed by atoms with Crippen molar-refractivity contribution < 1.29 is 14.3 Å². The van der Waals surface area contributed by atoms with Crippen molar-refractivity contribution in [3.05, 3.63) is 59.4 Å². The fourth-order valence-corrected chi connectivity index (χ4v) is 2.22. The summed E-state index contributed by atoms with van der Waals surface area (Å²) in [6.45, 7) is 1.98. The van der Waals surface area contributed by atoms with Crippen LogP contribution in [0.15, 0.2) is 42.7 Å². The Labute approximate surface area is 141 Å². The zero-order valence-corrected chi connectivity index (χ0v) is 14.0. The SMILES string of the molecule is COC(=O)C[C@H](NC(=O)/C=C/c1cnn(C)c1)c1ccc(C)cc1. The lowest BCUT2D eigenvalue weighted by molar-refractivity contribution is -0.141. The number of esters is 1. The van der Waals surface area contributed by atoms with E-state index in [1.165, 1.54) is 13.2 Å². The first kappa shape index (κ1) is 17.5. The van der Waals surface area contributed by atoms with Gasteiger partial charge < -0.3 is 10.1 Å². The van der Waals surface area contributed by atoms with Gasteiger partial charge in [0.2, 0.25) is 5.91 Å². The summed E-state index contributed by atoms with van der Waals surface area (Å²) in [6.07, 6.45) is 6.64. The van der Waals surface area contributed by atoms with Crippen LogP contribution in [0.5, 0.6) is 0 Å². The first-order valence-electron chi connectivity index (χ1n) is 7.58. The Balaban J connectivity index is 2.09. The van der Waals surface area contributed by atoms with Gasteiger partial charge in [0.15, 0.2) is 0 Å². The first-order chi connectivity index (χ1) is 11.5. The lowest BCUT2D eigenvalue weighted by atomic mass is 10.0. The van der Waals surface area contributed by atoms with E-state index in [0.717, 1.165) is 16.7 Å². The number of aryl methyl sites for hydroxylation is 2. The van der Waals surface area contributed by atoms with Crippen molar-refractivity contribution in [2.24, 2.45) is 7.05 Å². The summed E-state index contributed by atoms with van der Waals surface area (Å²) in [7, 11) is 3.14. The fourth-order valence-electron chi connectivity index (χ4n) is 2.22. The molecular weight excluding hydrogens is 306 g/mol. The number of hydrogen-bond acceptors (Lipinski definition) is 4. The van der Waals surface area contributed by atoms with Crippen molar-refractivity contribution in [3.8, 4) is 0 Å². The molecule has 1 aromatic heterocycles. The van der Waals surface area contributed by atoms with Crippen LogP contribution in [0.25, 0.3) is 6.08 Å². The largest absolute Gasteiger partial charge is 0.469 e. The van der Waals surface area contributed by atoms with Crippen LogP contribution in [-0.2, 0) is 21.4 Å². The minimum absolute atomic E-state index is 0.0754. The van der Waals surface area contributed by atoms with Crippen LogP contribution >= 0.6 is 0 Å². The van der Waals surface area contributed by atoms with E-state index in [1.54, 1.807) is 30.2 Å². The van der Waals surface area contributed by atoms with E-state index in [4.69, 9.17) is 4.74 Å². The van der Waals surface area contributed by atoms with Crippen molar-refractivity contribution in [2.45, 2.75) is 19.4 Å². The Bertz CT molecular complexity index is 732. The molecule has 1 amide bonds. The first-order valence-corrected chi connectivity index (χ1v) is 7.58. The maximum Gasteiger partial charge on any atom is 0.307 e. The highest BCUT2D eigenvalue weighted by Gasteiger charge is 2.18. The standard InChI is InChI=1S/C18H21N3O3/c1-13-4-7-15(8-5-13)16(10-18(23)24-3)20-17(22)9-6-14-11-19-21(2)12-14/h4-9,11-12,16H,10H2,1-3H3,(H,20,22)/b9-6+/t16-/m0/s1. The average molecular weight is 327 g/mol. The van der Waals surface area contributed by atoms with Crippen LogP contribution in [0, 0.1) is 6.92 Å². The van der Waals surface area contributed by atoms with E-state index >= 15 is 0 Å². The zero-order valence-electron chi connectivity index (χ0n) is 14.0. The molecule has 2 aromatic rings. The maximum atomic E-state index is 12.2. The highest BCUT2D eigenvalue weighted by Crippen LogP contribution is 2.18. The number of benzene rings is 1. The van der Waals surface area contributed by atoms with Crippen molar-refractivity contribution in [1.29, 1.82) is 0 Å². The van der Waals surface area contributed by atoms with Gasteiger partial charge in [0, 0.05) is 24.9 Å². The molecule has 0 aliphatic carbocycles. The second kappa shape index (κ2) is 8.10. The van der Waals surface area contributed by atoms with Gasteiger partial charge in [-0.15, -0.1) is 0 Å². The maximum absolute atomic E-state index is 12.2. The Morgan fingerprint density at radius 1 is 1.33 bits per heavy atom. The van der Waals surface area contributed by atoms with Crippen LogP contribution in [0.1, 0.15) is 29.2 Å². The number of ether oxygens (including phenoxy) is 1. The molecule has 24 heavy (non-hydrogen) atoms. The molecule has 0 aliphatic rings. The molecule has 6 nitrogen and oxygen atoms in total. The normalized spacial score (nSPS) is 12.1. The highest BCUT2D eigenvalue weighted by atomic mass is 16.5. The summed E-state index contributed by atoms with van der Waals surface area (Å²) in [4.78, 5) is 23.8. The predicted octanol–water partition coefficient (Wildman–Crippen LogP) is 2.16. The number of hydrogen-bond donors (Lipinski definition) is 1. The molecule has 1 heterocycles. The molecule has 0 spiro atoms. The summed E-state index contributed by atoms with van der Waals surface area (Å²) in [5, 5.41) is 6.88. The molecule has 0 aliphatic heterocycles. The van der Waals surface area contributed by atoms with Gasteiger partial charge in [-0.1, -0.05) is 29.8 Å². The number of methoxy groups -OCH3 is 1. The third-order valence-electron chi connectivity index (χ3n) is 3.55. The van der Waals surface area contributed by atoms with Gasteiger partial charge in [0.1, 0.15) is 0 Å². The fraction of sp³-hybridized carbons (Fsp3) is 0.278. The van der Waals surface area contributed by atoms with E-state index in [0.29, 0.717) is 0 Å². The molecule has 0 fully saturated rings. The predicted molar refractivity (Wildman–Crippen MR) is 90.9 cm³/mol. The third kappa shape index (κ3) is 5.08. The number of amides is 1. The van der Waals surface area contributed by atoms with Crippen LogP contribution in [0.4, 0.5) is 0 Å². The molecule has 2 rings (SSSR count). The molecule has 0 unspecified atom stereocenters. The van der Waals surface area contributed by atoms with Crippen molar-refractivity contribution in [3.63, 3.8) is 0 Å². The molecule has 1 atom stereocenters.